The molecular formula is C30H29Cl2N3O2. The fourth-order valence-corrected chi connectivity index (χ4v) is 7.07. The monoisotopic (exact) mass is 533 g/mol. The highest BCUT2D eigenvalue weighted by Crippen LogP contribution is 2.55. The Morgan fingerprint density at radius 1 is 0.973 bits per heavy atom. The van der Waals surface area contributed by atoms with E-state index in [9.17, 15) is 0 Å². The van der Waals surface area contributed by atoms with Gasteiger partial charge in [-0.25, -0.2) is 0 Å². The molecule has 2 bridgehead atoms. The molecule has 0 saturated heterocycles. The maximum Gasteiger partial charge on any atom is 0.145 e. The van der Waals surface area contributed by atoms with Gasteiger partial charge in [0.2, 0.25) is 0 Å². The van der Waals surface area contributed by atoms with E-state index in [1.54, 1.807) is 12.4 Å². The van der Waals surface area contributed by atoms with Gasteiger partial charge in [-0.3, -0.25) is 9.97 Å². The van der Waals surface area contributed by atoms with Crippen LogP contribution in [0.1, 0.15) is 79.9 Å². The molecule has 3 heterocycles. The molecule has 0 radical (unpaired) electrons. The second kappa shape index (κ2) is 8.79. The first-order chi connectivity index (χ1) is 18.0. The van der Waals surface area contributed by atoms with Crippen LogP contribution in [0, 0.1) is 6.92 Å². The molecule has 0 aliphatic heterocycles. The van der Waals surface area contributed by atoms with Gasteiger partial charge in [0, 0.05) is 45.9 Å². The average Bonchev–Trinajstić information content (AvgIpc) is 3.68. The van der Waals surface area contributed by atoms with Crippen LogP contribution >= 0.6 is 23.2 Å². The Hall–Kier alpha value is -2.47. The van der Waals surface area contributed by atoms with E-state index in [2.05, 4.69) is 47.4 Å². The highest BCUT2D eigenvalue weighted by atomic mass is 35.5. The molecule has 190 valence electrons. The van der Waals surface area contributed by atoms with Crippen LogP contribution in [0.2, 0.25) is 10.0 Å². The Kier molecular flexibility index (Phi) is 5.62. The molecule has 0 unspecified atom stereocenters. The van der Waals surface area contributed by atoms with E-state index in [1.807, 2.05) is 0 Å². The SMILES string of the molecule is Cc1cccc2ccc(C34CCC(OCc5c(-c6c(Cl)cncc6Cl)noc5C5CC5)(CC3)CC4)nc12. The number of fused-ring (bicyclic) bond motifs is 4. The summed E-state index contributed by atoms with van der Waals surface area (Å²) in [7, 11) is 0. The van der Waals surface area contributed by atoms with E-state index in [4.69, 9.17) is 37.4 Å². The fourth-order valence-electron chi connectivity index (χ4n) is 6.53. The lowest BCUT2D eigenvalue weighted by Gasteiger charge is -2.53. The number of halogens is 2. The normalized spacial score (nSPS) is 25.2. The van der Waals surface area contributed by atoms with Crippen LogP contribution in [0.5, 0.6) is 0 Å². The van der Waals surface area contributed by atoms with E-state index < -0.39 is 0 Å². The van der Waals surface area contributed by atoms with Crippen LogP contribution in [0.3, 0.4) is 0 Å². The van der Waals surface area contributed by atoms with Crippen molar-refractivity contribution >= 4 is 34.1 Å². The van der Waals surface area contributed by atoms with E-state index >= 15 is 0 Å². The lowest BCUT2D eigenvalue weighted by Crippen LogP contribution is -2.50. The van der Waals surface area contributed by atoms with E-state index in [0.717, 1.165) is 68.2 Å². The van der Waals surface area contributed by atoms with Crippen LogP contribution in [-0.2, 0) is 16.8 Å². The summed E-state index contributed by atoms with van der Waals surface area (Å²) in [6.07, 6.45) is 11.9. The van der Waals surface area contributed by atoms with Crippen molar-refractivity contribution in [1.82, 2.24) is 15.1 Å². The van der Waals surface area contributed by atoms with Gasteiger partial charge < -0.3 is 9.26 Å². The number of hydrogen-bond donors (Lipinski definition) is 0. The first-order valence-corrected chi connectivity index (χ1v) is 14.0. The predicted octanol–water partition coefficient (Wildman–Crippen LogP) is 8.34. The standard InChI is InChI=1S/C30H29Cl2N3O2/c1-18-3-2-4-19-7-8-24(34-26(18)19)29-9-12-30(13-10-29,14-11-29)36-17-21-27(35-37-28(21)20-5-6-20)25-22(31)15-33-16-23(25)32/h2-4,7-8,15-16,20H,5-6,9-14,17H2,1H3. The Labute approximate surface area is 226 Å². The van der Waals surface area contributed by atoms with Gasteiger partial charge in [0.05, 0.1) is 27.8 Å². The van der Waals surface area contributed by atoms with Gasteiger partial charge in [-0.1, -0.05) is 52.6 Å². The Morgan fingerprint density at radius 2 is 1.70 bits per heavy atom. The number of nitrogens with zero attached hydrogens (tertiary/aromatic N) is 3. The lowest BCUT2D eigenvalue weighted by molar-refractivity contribution is -0.127. The number of hydrogen-bond acceptors (Lipinski definition) is 5. The fraction of sp³-hybridized carbons (Fsp3) is 0.433. The Balaban J connectivity index is 1.13. The summed E-state index contributed by atoms with van der Waals surface area (Å²) < 4.78 is 12.7. The quantitative estimate of drug-likeness (QED) is 0.249. The number of pyridine rings is 2. The Morgan fingerprint density at radius 3 is 2.41 bits per heavy atom. The summed E-state index contributed by atoms with van der Waals surface area (Å²) in [5, 5.41) is 6.58. The molecule has 7 heteroatoms. The summed E-state index contributed by atoms with van der Waals surface area (Å²) in [4.78, 5) is 9.28. The van der Waals surface area contributed by atoms with Crippen LogP contribution in [0.4, 0.5) is 0 Å². The number of rotatable bonds is 6. The van der Waals surface area contributed by atoms with Gasteiger partial charge in [-0.05, 0) is 69.9 Å². The van der Waals surface area contributed by atoms with Crippen molar-refractivity contribution in [3.63, 3.8) is 0 Å². The molecule has 4 aliphatic rings. The van der Waals surface area contributed by atoms with Gasteiger partial charge in [-0.15, -0.1) is 0 Å². The minimum absolute atomic E-state index is 0.115. The molecule has 0 N–H and O–H groups in total. The van der Waals surface area contributed by atoms with Crippen molar-refractivity contribution < 1.29 is 9.26 Å². The van der Waals surface area contributed by atoms with Gasteiger partial charge in [0.25, 0.3) is 0 Å². The number of ether oxygens (including phenoxy) is 1. The number of aromatic nitrogens is 3. The molecule has 0 atom stereocenters. The first-order valence-electron chi connectivity index (χ1n) is 13.3. The van der Waals surface area contributed by atoms with E-state index in [-0.39, 0.29) is 11.0 Å². The molecule has 37 heavy (non-hydrogen) atoms. The summed E-state index contributed by atoms with van der Waals surface area (Å²) in [6.45, 7) is 2.61. The molecular weight excluding hydrogens is 505 g/mol. The number of para-hydroxylation sites is 1. The van der Waals surface area contributed by atoms with E-state index in [0.29, 0.717) is 33.8 Å². The molecule has 4 saturated carbocycles. The van der Waals surface area contributed by atoms with Gasteiger partial charge in [0.1, 0.15) is 11.5 Å². The molecule has 0 spiro atoms. The van der Waals surface area contributed by atoms with Gasteiger partial charge in [0.15, 0.2) is 0 Å². The molecule has 4 fully saturated rings. The largest absolute Gasteiger partial charge is 0.370 e. The summed E-state index contributed by atoms with van der Waals surface area (Å²) in [5.74, 6) is 1.33. The van der Waals surface area contributed by atoms with Crippen LogP contribution in [-0.4, -0.2) is 20.7 Å². The maximum atomic E-state index is 6.81. The number of aryl methyl sites for hydroxylation is 1. The topological polar surface area (TPSA) is 61.0 Å². The lowest BCUT2D eigenvalue weighted by atomic mass is 9.57. The zero-order chi connectivity index (χ0) is 25.2. The molecule has 3 aromatic heterocycles. The highest BCUT2D eigenvalue weighted by Gasteiger charge is 2.51. The minimum atomic E-state index is -0.115. The minimum Gasteiger partial charge on any atom is -0.370 e. The molecule has 1 aromatic carbocycles. The molecule has 8 rings (SSSR count). The highest BCUT2D eigenvalue weighted by molar-refractivity contribution is 6.38. The van der Waals surface area contributed by atoms with Crippen LogP contribution < -0.4 is 0 Å². The van der Waals surface area contributed by atoms with Gasteiger partial charge >= 0.3 is 0 Å². The zero-order valence-corrected chi connectivity index (χ0v) is 22.4. The zero-order valence-electron chi connectivity index (χ0n) is 20.9. The summed E-state index contributed by atoms with van der Waals surface area (Å²) in [5.41, 5.74) is 6.01. The number of benzene rings is 1. The van der Waals surface area contributed by atoms with Crippen molar-refractivity contribution in [3.8, 4) is 11.3 Å². The van der Waals surface area contributed by atoms with Crippen molar-refractivity contribution in [2.75, 3.05) is 0 Å². The second-order valence-corrected chi connectivity index (χ2v) is 12.0. The summed E-state index contributed by atoms with van der Waals surface area (Å²) in [6, 6.07) is 10.9. The third-order valence-corrected chi connectivity index (χ3v) is 9.60. The first kappa shape index (κ1) is 23.6. The molecule has 4 aromatic rings. The van der Waals surface area contributed by atoms with Crippen molar-refractivity contribution in [2.45, 2.75) is 81.8 Å². The van der Waals surface area contributed by atoms with Crippen LogP contribution in [0.15, 0.2) is 47.2 Å². The molecule has 5 nitrogen and oxygen atoms in total. The second-order valence-electron chi connectivity index (χ2n) is 11.2. The maximum absolute atomic E-state index is 6.81. The molecule has 4 aliphatic carbocycles. The smallest absolute Gasteiger partial charge is 0.145 e. The van der Waals surface area contributed by atoms with Crippen molar-refractivity contribution in [2.24, 2.45) is 0 Å². The van der Waals surface area contributed by atoms with E-state index in [1.165, 1.54) is 16.6 Å². The van der Waals surface area contributed by atoms with Crippen LogP contribution in [0.25, 0.3) is 22.2 Å². The van der Waals surface area contributed by atoms with Crippen molar-refractivity contribution in [3.05, 3.63) is 75.4 Å². The third kappa shape index (κ3) is 3.98. The Bertz CT molecular complexity index is 1470. The van der Waals surface area contributed by atoms with Gasteiger partial charge in [-0.2, -0.15) is 0 Å². The predicted molar refractivity (Wildman–Crippen MR) is 145 cm³/mol. The average molecular weight is 534 g/mol. The molecule has 0 amide bonds. The van der Waals surface area contributed by atoms with Crippen molar-refractivity contribution in [1.29, 1.82) is 0 Å². The summed E-state index contributed by atoms with van der Waals surface area (Å²) >= 11 is 13.0. The third-order valence-electron chi connectivity index (χ3n) is 9.02.